The van der Waals surface area contributed by atoms with Gasteiger partial charge < -0.3 is 5.32 Å². The van der Waals surface area contributed by atoms with Gasteiger partial charge in [0.05, 0.1) is 4.91 Å². The fourth-order valence-corrected chi connectivity index (χ4v) is 3.82. The van der Waals surface area contributed by atoms with E-state index in [4.69, 9.17) is 0 Å². The summed E-state index contributed by atoms with van der Waals surface area (Å²) in [7, 11) is 0. The largest absolute Gasteiger partial charge is 0.354 e. The van der Waals surface area contributed by atoms with E-state index in [1.807, 2.05) is 37.3 Å². The van der Waals surface area contributed by atoms with Crippen LogP contribution in [0.1, 0.15) is 30.4 Å². The molecule has 1 saturated heterocycles. The first kappa shape index (κ1) is 20.8. The van der Waals surface area contributed by atoms with Crippen LogP contribution in [-0.2, 0) is 9.59 Å². The highest BCUT2D eigenvalue weighted by Gasteiger charge is 2.34. The van der Waals surface area contributed by atoms with E-state index in [9.17, 15) is 18.8 Å². The summed E-state index contributed by atoms with van der Waals surface area (Å²) in [5.74, 6) is -0.920. The molecule has 1 unspecified atom stereocenters. The molecule has 29 heavy (non-hydrogen) atoms. The maximum absolute atomic E-state index is 13.0. The molecule has 2 aromatic rings. The number of imide groups is 1. The van der Waals surface area contributed by atoms with Gasteiger partial charge in [0.15, 0.2) is 0 Å². The standard InChI is InChI=1S/C22H21FN2O3S/c1-15(17-7-9-18(23)10-8-17)13-20(26)24-11-12-25-21(27)19(29-22(25)28)14-16-5-3-2-4-6-16/h2-10,14-15H,11-13H2,1H3,(H,24,26)/b19-14+. The van der Waals surface area contributed by atoms with Gasteiger partial charge in [0.2, 0.25) is 5.91 Å². The Hall–Kier alpha value is -2.93. The Labute approximate surface area is 173 Å². The molecule has 0 spiro atoms. The van der Waals surface area contributed by atoms with Crippen molar-refractivity contribution in [1.29, 1.82) is 0 Å². The van der Waals surface area contributed by atoms with E-state index in [1.54, 1.807) is 18.2 Å². The highest BCUT2D eigenvalue weighted by atomic mass is 32.2. The van der Waals surface area contributed by atoms with Crippen molar-refractivity contribution in [2.75, 3.05) is 13.1 Å². The number of carbonyl (C=O) groups excluding carboxylic acids is 3. The van der Waals surface area contributed by atoms with Crippen molar-refractivity contribution in [3.05, 3.63) is 76.4 Å². The van der Waals surface area contributed by atoms with Gasteiger partial charge in [-0.05, 0) is 47.0 Å². The van der Waals surface area contributed by atoms with Gasteiger partial charge in [-0.3, -0.25) is 19.3 Å². The molecule has 0 radical (unpaired) electrons. The van der Waals surface area contributed by atoms with Gasteiger partial charge in [-0.25, -0.2) is 4.39 Å². The number of hydrogen-bond donors (Lipinski definition) is 1. The van der Waals surface area contributed by atoms with Crippen molar-refractivity contribution >= 4 is 34.9 Å². The average Bonchev–Trinajstić information content (AvgIpc) is 2.96. The van der Waals surface area contributed by atoms with E-state index >= 15 is 0 Å². The Bertz CT molecular complexity index is 929. The molecular weight excluding hydrogens is 391 g/mol. The summed E-state index contributed by atoms with van der Waals surface area (Å²) < 4.78 is 13.0. The molecule has 3 rings (SSSR count). The molecule has 150 valence electrons. The zero-order chi connectivity index (χ0) is 20.8. The van der Waals surface area contributed by atoms with Crippen LogP contribution >= 0.6 is 11.8 Å². The summed E-state index contributed by atoms with van der Waals surface area (Å²) in [6, 6.07) is 15.4. The van der Waals surface area contributed by atoms with Crippen LogP contribution in [0, 0.1) is 5.82 Å². The van der Waals surface area contributed by atoms with E-state index in [0.29, 0.717) is 4.91 Å². The van der Waals surface area contributed by atoms with Crippen molar-refractivity contribution in [3.63, 3.8) is 0 Å². The lowest BCUT2D eigenvalue weighted by Crippen LogP contribution is -2.37. The van der Waals surface area contributed by atoms with Crippen LogP contribution in [0.2, 0.25) is 0 Å². The van der Waals surface area contributed by atoms with E-state index in [-0.39, 0.29) is 48.3 Å². The molecule has 3 amide bonds. The second-order valence-corrected chi connectivity index (χ2v) is 7.74. The third-order valence-electron chi connectivity index (χ3n) is 4.56. The number of halogens is 1. The van der Waals surface area contributed by atoms with Gasteiger partial charge in [-0.1, -0.05) is 49.4 Å². The molecule has 1 aliphatic rings. The van der Waals surface area contributed by atoms with Gasteiger partial charge in [0, 0.05) is 19.5 Å². The Morgan fingerprint density at radius 3 is 2.52 bits per heavy atom. The quantitative estimate of drug-likeness (QED) is 0.693. The normalized spacial score (nSPS) is 16.3. The lowest BCUT2D eigenvalue weighted by molar-refractivity contribution is -0.124. The molecule has 1 N–H and O–H groups in total. The van der Waals surface area contributed by atoms with Crippen molar-refractivity contribution in [2.24, 2.45) is 0 Å². The Kier molecular flexibility index (Phi) is 6.82. The zero-order valence-electron chi connectivity index (χ0n) is 15.9. The summed E-state index contributed by atoms with van der Waals surface area (Å²) in [4.78, 5) is 38.3. The van der Waals surface area contributed by atoms with Gasteiger partial charge in [-0.15, -0.1) is 0 Å². The van der Waals surface area contributed by atoms with Crippen LogP contribution in [0.4, 0.5) is 9.18 Å². The van der Waals surface area contributed by atoms with E-state index < -0.39 is 0 Å². The van der Waals surface area contributed by atoms with Crippen molar-refractivity contribution in [1.82, 2.24) is 10.2 Å². The molecule has 0 bridgehead atoms. The van der Waals surface area contributed by atoms with Crippen LogP contribution in [0.3, 0.4) is 0 Å². The summed E-state index contributed by atoms with van der Waals surface area (Å²) in [5.41, 5.74) is 1.72. The first-order valence-corrected chi connectivity index (χ1v) is 10.1. The number of nitrogens with zero attached hydrogens (tertiary/aromatic N) is 1. The topological polar surface area (TPSA) is 66.5 Å². The number of rotatable bonds is 7. The van der Waals surface area contributed by atoms with Crippen LogP contribution in [0.5, 0.6) is 0 Å². The van der Waals surface area contributed by atoms with Gasteiger partial charge in [0.25, 0.3) is 11.1 Å². The second-order valence-electron chi connectivity index (χ2n) is 6.75. The maximum atomic E-state index is 13.0. The smallest absolute Gasteiger partial charge is 0.293 e. The maximum Gasteiger partial charge on any atom is 0.293 e. The van der Waals surface area contributed by atoms with Crippen LogP contribution in [-0.4, -0.2) is 35.0 Å². The lowest BCUT2D eigenvalue weighted by Gasteiger charge is -2.15. The van der Waals surface area contributed by atoms with Gasteiger partial charge in [0.1, 0.15) is 5.82 Å². The predicted molar refractivity (Wildman–Crippen MR) is 112 cm³/mol. The minimum absolute atomic E-state index is 0.0679. The molecule has 0 aromatic heterocycles. The molecule has 1 atom stereocenters. The number of hydrogen-bond acceptors (Lipinski definition) is 4. The predicted octanol–water partition coefficient (Wildman–Crippen LogP) is 4.17. The number of carbonyl (C=O) groups is 3. The Balaban J connectivity index is 1.49. The van der Waals surface area contributed by atoms with Crippen LogP contribution in [0.15, 0.2) is 59.5 Å². The fourth-order valence-electron chi connectivity index (χ4n) is 2.96. The summed E-state index contributed by atoms with van der Waals surface area (Å²) in [6.07, 6.45) is 1.93. The SMILES string of the molecule is CC(CC(=O)NCCN1C(=O)S/C(=C/c2ccccc2)C1=O)c1ccc(F)cc1. The number of amides is 3. The van der Waals surface area contributed by atoms with Crippen LogP contribution in [0.25, 0.3) is 6.08 Å². The zero-order valence-corrected chi connectivity index (χ0v) is 16.7. The minimum Gasteiger partial charge on any atom is -0.354 e. The summed E-state index contributed by atoms with van der Waals surface area (Å²) in [6.45, 7) is 2.19. The lowest BCUT2D eigenvalue weighted by atomic mass is 9.97. The average molecular weight is 412 g/mol. The Morgan fingerprint density at radius 1 is 1.14 bits per heavy atom. The molecule has 1 aliphatic heterocycles. The molecule has 0 aliphatic carbocycles. The fraction of sp³-hybridized carbons (Fsp3) is 0.227. The molecule has 2 aromatic carbocycles. The minimum atomic E-state index is -0.349. The number of benzene rings is 2. The van der Waals surface area contributed by atoms with Crippen molar-refractivity contribution in [2.45, 2.75) is 19.3 Å². The molecular formula is C22H21FN2O3S. The first-order valence-electron chi connectivity index (χ1n) is 9.26. The Morgan fingerprint density at radius 2 is 1.83 bits per heavy atom. The van der Waals surface area contributed by atoms with E-state index in [2.05, 4.69) is 5.32 Å². The van der Waals surface area contributed by atoms with Gasteiger partial charge in [-0.2, -0.15) is 0 Å². The third kappa shape index (κ3) is 5.54. The second kappa shape index (κ2) is 9.52. The molecule has 7 heteroatoms. The van der Waals surface area contributed by atoms with Crippen molar-refractivity contribution < 1.29 is 18.8 Å². The first-order chi connectivity index (χ1) is 13.9. The van der Waals surface area contributed by atoms with E-state index in [0.717, 1.165) is 27.8 Å². The van der Waals surface area contributed by atoms with E-state index in [1.165, 1.54) is 12.1 Å². The monoisotopic (exact) mass is 412 g/mol. The highest BCUT2D eigenvalue weighted by Crippen LogP contribution is 2.31. The molecule has 5 nitrogen and oxygen atoms in total. The number of nitrogens with one attached hydrogen (secondary N) is 1. The molecule has 1 fully saturated rings. The summed E-state index contributed by atoms with van der Waals surface area (Å²) >= 11 is 0.900. The molecule has 1 heterocycles. The van der Waals surface area contributed by atoms with Crippen molar-refractivity contribution in [3.8, 4) is 0 Å². The summed E-state index contributed by atoms with van der Waals surface area (Å²) in [5, 5.41) is 2.40. The third-order valence-corrected chi connectivity index (χ3v) is 5.47. The molecule has 0 saturated carbocycles. The highest BCUT2D eigenvalue weighted by molar-refractivity contribution is 8.18. The van der Waals surface area contributed by atoms with Gasteiger partial charge >= 0.3 is 0 Å². The number of thioether (sulfide) groups is 1. The van der Waals surface area contributed by atoms with Crippen LogP contribution < -0.4 is 5.32 Å².